The van der Waals surface area contributed by atoms with E-state index in [2.05, 4.69) is 90.5 Å². The molecule has 36 heavy (non-hydrogen) atoms. The molecule has 0 bridgehead atoms. The first kappa shape index (κ1) is 23.1. The Kier molecular flexibility index (Phi) is 5.93. The quantitative estimate of drug-likeness (QED) is 0.351. The van der Waals surface area contributed by atoms with Gasteiger partial charge in [0, 0.05) is 30.6 Å². The van der Waals surface area contributed by atoms with E-state index < -0.39 is 0 Å². The van der Waals surface area contributed by atoms with Gasteiger partial charge in [0.1, 0.15) is 0 Å². The molecule has 4 aromatic rings. The number of aryl methyl sites for hydroxylation is 2. The van der Waals surface area contributed by atoms with Crippen molar-refractivity contribution < 1.29 is 0 Å². The van der Waals surface area contributed by atoms with Gasteiger partial charge in [-0.3, -0.25) is 9.47 Å². The van der Waals surface area contributed by atoms with Crippen LogP contribution in [-0.2, 0) is 5.41 Å². The van der Waals surface area contributed by atoms with Crippen LogP contribution in [0.15, 0.2) is 89.7 Å². The summed E-state index contributed by atoms with van der Waals surface area (Å²) in [5, 5.41) is 0. The fourth-order valence-electron chi connectivity index (χ4n) is 6.40. The van der Waals surface area contributed by atoms with Crippen LogP contribution in [0.2, 0.25) is 0 Å². The van der Waals surface area contributed by atoms with Crippen molar-refractivity contribution in [3.8, 4) is 0 Å². The summed E-state index contributed by atoms with van der Waals surface area (Å²) in [5.74, 6) is 0. The predicted octanol–water partition coefficient (Wildman–Crippen LogP) is 6.29. The molecular formula is C32H35N3O. The van der Waals surface area contributed by atoms with E-state index in [0.717, 1.165) is 49.8 Å². The Morgan fingerprint density at radius 2 is 1.42 bits per heavy atom. The van der Waals surface area contributed by atoms with Crippen LogP contribution in [0.3, 0.4) is 0 Å². The normalized spacial score (nSPS) is 20.7. The molecule has 1 aliphatic carbocycles. The zero-order chi connectivity index (χ0) is 24.7. The molecule has 1 fully saturated rings. The number of nitrogens with one attached hydrogen (secondary N) is 1. The van der Waals surface area contributed by atoms with Gasteiger partial charge >= 0.3 is 5.69 Å². The van der Waals surface area contributed by atoms with Gasteiger partial charge in [-0.2, -0.15) is 0 Å². The lowest BCUT2D eigenvalue weighted by Gasteiger charge is -2.42. The maximum atomic E-state index is 12.7. The number of benzene rings is 3. The maximum Gasteiger partial charge on any atom is 0.326 e. The van der Waals surface area contributed by atoms with Crippen molar-refractivity contribution >= 4 is 11.0 Å². The second kappa shape index (κ2) is 9.25. The largest absolute Gasteiger partial charge is 0.326 e. The van der Waals surface area contributed by atoms with E-state index in [1.54, 1.807) is 0 Å². The number of rotatable bonds is 4. The van der Waals surface area contributed by atoms with Crippen molar-refractivity contribution in [3.63, 3.8) is 0 Å². The highest BCUT2D eigenvalue weighted by Gasteiger charge is 2.37. The third-order valence-electron chi connectivity index (χ3n) is 8.53. The molecule has 4 nitrogen and oxygen atoms in total. The molecule has 0 amide bonds. The minimum absolute atomic E-state index is 0.0215. The Morgan fingerprint density at radius 1 is 0.806 bits per heavy atom. The van der Waals surface area contributed by atoms with E-state index in [0.29, 0.717) is 6.04 Å². The van der Waals surface area contributed by atoms with E-state index >= 15 is 0 Å². The monoisotopic (exact) mass is 477 g/mol. The summed E-state index contributed by atoms with van der Waals surface area (Å²) in [6, 6.07) is 26.9. The van der Waals surface area contributed by atoms with Crippen LogP contribution in [0.1, 0.15) is 54.0 Å². The summed E-state index contributed by atoms with van der Waals surface area (Å²) < 4.78 is 1.99. The van der Waals surface area contributed by atoms with Crippen LogP contribution in [0.25, 0.3) is 11.0 Å². The van der Waals surface area contributed by atoms with Gasteiger partial charge in [-0.05, 0) is 62.8 Å². The molecule has 6 rings (SSSR count). The summed E-state index contributed by atoms with van der Waals surface area (Å²) in [6.07, 6.45) is 9.19. The Balaban J connectivity index is 1.22. The fourth-order valence-corrected chi connectivity index (χ4v) is 6.40. The Morgan fingerprint density at radius 3 is 2.00 bits per heavy atom. The SMILES string of the molecule is Cc1ccc(C2(c3ccc(C)cc3)C=CC(N3CCC(n4c(=O)[nH]c5ccccc54)CC3)CC2)cc1. The summed E-state index contributed by atoms with van der Waals surface area (Å²) >= 11 is 0. The van der Waals surface area contributed by atoms with Gasteiger partial charge in [0.15, 0.2) is 0 Å². The van der Waals surface area contributed by atoms with Crippen molar-refractivity contribution in [2.45, 2.75) is 57.0 Å². The average molecular weight is 478 g/mol. The highest BCUT2D eigenvalue weighted by molar-refractivity contribution is 5.75. The maximum absolute atomic E-state index is 12.7. The molecule has 4 heteroatoms. The Bertz CT molecular complexity index is 1390. The number of fused-ring (bicyclic) bond motifs is 1. The minimum atomic E-state index is -0.0758. The number of aromatic nitrogens is 2. The van der Waals surface area contributed by atoms with E-state index in [1.807, 2.05) is 22.8 Å². The topological polar surface area (TPSA) is 41.0 Å². The molecule has 184 valence electrons. The van der Waals surface area contributed by atoms with Crippen molar-refractivity contribution in [1.82, 2.24) is 14.5 Å². The smallest absolute Gasteiger partial charge is 0.306 e. The number of para-hydroxylation sites is 2. The molecule has 3 aromatic carbocycles. The van der Waals surface area contributed by atoms with Gasteiger partial charge in [-0.15, -0.1) is 0 Å². The Hall–Kier alpha value is -3.37. The number of hydrogen-bond acceptors (Lipinski definition) is 2. The van der Waals surface area contributed by atoms with Crippen LogP contribution in [0.5, 0.6) is 0 Å². The van der Waals surface area contributed by atoms with Gasteiger partial charge in [0.25, 0.3) is 0 Å². The molecular weight excluding hydrogens is 442 g/mol. The molecule has 1 aliphatic heterocycles. The summed E-state index contributed by atoms with van der Waals surface area (Å²) in [4.78, 5) is 18.3. The molecule has 1 N–H and O–H groups in total. The molecule has 2 aliphatic rings. The molecule has 1 atom stereocenters. The van der Waals surface area contributed by atoms with E-state index in [9.17, 15) is 4.79 Å². The van der Waals surface area contributed by atoms with E-state index in [1.165, 1.54) is 22.3 Å². The van der Waals surface area contributed by atoms with Gasteiger partial charge in [0.05, 0.1) is 11.0 Å². The van der Waals surface area contributed by atoms with Crippen LogP contribution < -0.4 is 5.69 Å². The second-order valence-electron chi connectivity index (χ2n) is 10.8. The fraction of sp³-hybridized carbons (Fsp3) is 0.344. The van der Waals surface area contributed by atoms with Crippen molar-refractivity contribution in [2.24, 2.45) is 0 Å². The second-order valence-corrected chi connectivity index (χ2v) is 10.8. The first-order valence-corrected chi connectivity index (χ1v) is 13.3. The predicted molar refractivity (Wildman–Crippen MR) is 148 cm³/mol. The van der Waals surface area contributed by atoms with Crippen LogP contribution in [-0.4, -0.2) is 33.6 Å². The van der Waals surface area contributed by atoms with Crippen molar-refractivity contribution in [2.75, 3.05) is 13.1 Å². The van der Waals surface area contributed by atoms with Crippen LogP contribution in [0.4, 0.5) is 0 Å². The first-order valence-electron chi connectivity index (χ1n) is 13.3. The van der Waals surface area contributed by atoms with Crippen LogP contribution >= 0.6 is 0 Å². The summed E-state index contributed by atoms with van der Waals surface area (Å²) in [5.41, 5.74) is 7.26. The third-order valence-corrected chi connectivity index (χ3v) is 8.53. The minimum Gasteiger partial charge on any atom is -0.306 e. The number of allylic oxidation sites excluding steroid dienone is 1. The number of likely N-dealkylation sites (tertiary alicyclic amines) is 1. The molecule has 0 radical (unpaired) electrons. The molecule has 1 unspecified atom stereocenters. The molecule has 0 saturated carbocycles. The number of nitrogens with zero attached hydrogens (tertiary/aromatic N) is 2. The van der Waals surface area contributed by atoms with E-state index in [4.69, 9.17) is 0 Å². The van der Waals surface area contributed by atoms with Crippen molar-refractivity contribution in [3.05, 3.63) is 118 Å². The highest BCUT2D eigenvalue weighted by Crippen LogP contribution is 2.43. The molecule has 0 spiro atoms. The van der Waals surface area contributed by atoms with E-state index in [-0.39, 0.29) is 17.1 Å². The lowest BCUT2D eigenvalue weighted by molar-refractivity contribution is 0.144. The average Bonchev–Trinajstić information content (AvgIpc) is 3.25. The summed E-state index contributed by atoms with van der Waals surface area (Å²) in [6.45, 7) is 6.35. The number of H-pyrrole nitrogens is 1. The number of hydrogen-bond donors (Lipinski definition) is 1. The van der Waals surface area contributed by atoms with Gasteiger partial charge in [-0.25, -0.2) is 4.79 Å². The lowest BCUT2D eigenvalue weighted by atomic mass is 9.67. The standard InChI is InChI=1S/C32H35N3O/c1-23-7-11-25(12-8-23)32(26-13-9-24(2)10-14-26)19-15-27(16-20-32)34-21-17-28(18-22-34)35-30-6-4-3-5-29(30)33-31(35)36/h3-15,19,27-28H,16-18,20-22H2,1-2H3,(H,33,36). The lowest BCUT2D eigenvalue weighted by Crippen LogP contribution is -2.44. The number of piperidine rings is 1. The molecule has 2 heterocycles. The van der Waals surface area contributed by atoms with Crippen molar-refractivity contribution in [1.29, 1.82) is 0 Å². The van der Waals surface area contributed by atoms with Gasteiger partial charge in [0.2, 0.25) is 0 Å². The van der Waals surface area contributed by atoms with Gasteiger partial charge in [-0.1, -0.05) is 83.9 Å². The highest BCUT2D eigenvalue weighted by atomic mass is 16.1. The molecule has 1 aromatic heterocycles. The zero-order valence-electron chi connectivity index (χ0n) is 21.3. The molecule has 1 saturated heterocycles. The number of imidazole rings is 1. The summed E-state index contributed by atoms with van der Waals surface area (Å²) in [7, 11) is 0. The third kappa shape index (κ3) is 4.04. The first-order chi connectivity index (χ1) is 17.5. The van der Waals surface area contributed by atoms with Crippen LogP contribution in [0, 0.1) is 13.8 Å². The number of aromatic amines is 1. The van der Waals surface area contributed by atoms with Gasteiger partial charge < -0.3 is 4.98 Å². The Labute approximate surface area is 213 Å². The zero-order valence-corrected chi connectivity index (χ0v) is 21.3.